The van der Waals surface area contributed by atoms with E-state index in [0.717, 1.165) is 17.0 Å². The summed E-state index contributed by atoms with van der Waals surface area (Å²) in [4.78, 5) is 13.7. The van der Waals surface area contributed by atoms with Gasteiger partial charge in [-0.15, -0.1) is 0 Å². The van der Waals surface area contributed by atoms with Crippen LogP contribution in [-0.4, -0.2) is 57.0 Å². The van der Waals surface area contributed by atoms with Gasteiger partial charge in [0.05, 0.1) is 12.8 Å². The van der Waals surface area contributed by atoms with Crippen molar-refractivity contribution in [2.75, 3.05) is 33.4 Å². The van der Waals surface area contributed by atoms with Crippen LogP contribution in [-0.2, 0) is 21.2 Å². The zero-order valence-corrected chi connectivity index (χ0v) is 14.5. The van der Waals surface area contributed by atoms with Gasteiger partial charge in [-0.1, -0.05) is 42.5 Å². The fourth-order valence-corrected chi connectivity index (χ4v) is 2.70. The number of hydrogen-bond acceptors (Lipinski definition) is 3. The maximum atomic E-state index is 12.1. The first kappa shape index (κ1) is 17.4. The van der Waals surface area contributed by atoms with Gasteiger partial charge in [0.2, 0.25) is 15.9 Å². The molecular weight excluding hydrogens is 312 g/mol. The smallest absolute Gasteiger partial charge is 0.237 e. The van der Waals surface area contributed by atoms with Crippen molar-refractivity contribution in [3.05, 3.63) is 48.0 Å². The molecule has 1 amide bonds. The number of sulfonamides is 1. The molecule has 5 nitrogen and oxygen atoms in total. The third-order valence-corrected chi connectivity index (χ3v) is 5.21. The van der Waals surface area contributed by atoms with Gasteiger partial charge in [0.1, 0.15) is 0 Å². The highest BCUT2D eigenvalue weighted by Gasteiger charge is 2.17. The predicted octanol–water partition coefficient (Wildman–Crippen LogP) is 1.73. The van der Waals surface area contributed by atoms with E-state index in [9.17, 15) is 13.2 Å². The minimum absolute atomic E-state index is 0.134. The summed E-state index contributed by atoms with van der Waals surface area (Å²) in [6.07, 6.45) is 1.82. The van der Waals surface area contributed by atoms with Gasteiger partial charge < -0.3 is 4.90 Å². The molecule has 2 aromatic rings. The molecule has 0 fully saturated rings. The maximum Gasteiger partial charge on any atom is 0.237 e. The van der Waals surface area contributed by atoms with Crippen LogP contribution in [0.3, 0.4) is 0 Å². The molecule has 0 aliphatic heterocycles. The van der Waals surface area contributed by atoms with Crippen molar-refractivity contribution >= 4 is 26.7 Å². The summed E-state index contributed by atoms with van der Waals surface area (Å²) in [5.41, 5.74) is 1.18. The van der Waals surface area contributed by atoms with Crippen LogP contribution in [0.2, 0.25) is 0 Å². The fourth-order valence-electron chi connectivity index (χ4n) is 2.35. The van der Waals surface area contributed by atoms with Crippen LogP contribution >= 0.6 is 0 Å². The molecule has 0 unspecified atom stereocenters. The van der Waals surface area contributed by atoms with Crippen LogP contribution in [0, 0.1) is 0 Å². The van der Waals surface area contributed by atoms with Gasteiger partial charge in [-0.05, 0) is 22.8 Å². The zero-order valence-electron chi connectivity index (χ0n) is 13.7. The van der Waals surface area contributed by atoms with E-state index in [-0.39, 0.29) is 12.5 Å². The summed E-state index contributed by atoms with van der Waals surface area (Å²) in [5.74, 6) is -0.210. The second kappa shape index (κ2) is 7.10. The Morgan fingerprint density at radius 3 is 2.39 bits per heavy atom. The highest BCUT2D eigenvalue weighted by molar-refractivity contribution is 7.88. The first-order valence-corrected chi connectivity index (χ1v) is 9.26. The van der Waals surface area contributed by atoms with Gasteiger partial charge in [-0.3, -0.25) is 4.79 Å². The van der Waals surface area contributed by atoms with Gasteiger partial charge >= 0.3 is 0 Å². The van der Waals surface area contributed by atoms with Crippen LogP contribution < -0.4 is 0 Å². The molecule has 0 spiro atoms. The van der Waals surface area contributed by atoms with Crippen LogP contribution in [0.25, 0.3) is 10.8 Å². The molecule has 0 saturated heterocycles. The normalized spacial score (nSPS) is 11.8. The van der Waals surface area contributed by atoms with Crippen LogP contribution in [0.15, 0.2) is 42.5 Å². The molecule has 124 valence electrons. The summed E-state index contributed by atoms with van der Waals surface area (Å²) in [7, 11) is -0.235. The van der Waals surface area contributed by atoms with E-state index < -0.39 is 10.0 Å². The average molecular weight is 334 g/mol. The summed E-state index contributed by atoms with van der Waals surface area (Å²) < 4.78 is 23.8. The molecule has 0 aliphatic rings. The minimum Gasteiger partial charge on any atom is -0.344 e. The van der Waals surface area contributed by atoms with Gasteiger partial charge in [0, 0.05) is 20.6 Å². The van der Waals surface area contributed by atoms with Crippen molar-refractivity contribution in [2.45, 2.75) is 6.42 Å². The quantitative estimate of drug-likeness (QED) is 0.808. The first-order chi connectivity index (χ1) is 10.8. The standard InChI is InChI=1S/C17H22N2O3S/c1-18(17(20)13-19(2)23(3,21)22)12-11-15-9-6-8-14-7-4-5-10-16(14)15/h4-10H,11-13H2,1-3H3. The Bertz CT molecular complexity index is 797. The first-order valence-electron chi connectivity index (χ1n) is 7.41. The molecule has 23 heavy (non-hydrogen) atoms. The highest BCUT2D eigenvalue weighted by Crippen LogP contribution is 2.19. The topological polar surface area (TPSA) is 57.7 Å². The molecule has 0 atom stereocenters. The van der Waals surface area contributed by atoms with Crippen molar-refractivity contribution in [1.29, 1.82) is 0 Å². The predicted molar refractivity (Wildman–Crippen MR) is 92.8 cm³/mol. The average Bonchev–Trinajstić information content (AvgIpc) is 2.51. The summed E-state index contributed by atoms with van der Waals surface area (Å²) in [6.45, 7) is 0.412. The largest absolute Gasteiger partial charge is 0.344 e. The van der Waals surface area contributed by atoms with Crippen molar-refractivity contribution in [2.24, 2.45) is 0 Å². The number of fused-ring (bicyclic) bond motifs is 1. The van der Waals surface area contributed by atoms with Crippen LogP contribution in [0.5, 0.6) is 0 Å². The molecule has 0 heterocycles. The Balaban J connectivity index is 2.01. The third-order valence-electron chi connectivity index (χ3n) is 3.95. The Morgan fingerprint density at radius 2 is 1.70 bits per heavy atom. The molecule has 0 radical (unpaired) electrons. The van der Waals surface area contributed by atoms with Crippen molar-refractivity contribution in [3.8, 4) is 0 Å². The van der Waals surface area contributed by atoms with Gasteiger partial charge in [-0.25, -0.2) is 8.42 Å². The third kappa shape index (κ3) is 4.53. The van der Waals surface area contributed by atoms with Crippen molar-refractivity contribution in [1.82, 2.24) is 9.21 Å². The van der Waals surface area contributed by atoms with Crippen molar-refractivity contribution < 1.29 is 13.2 Å². The molecule has 2 aromatic carbocycles. The number of likely N-dealkylation sites (N-methyl/N-ethyl adjacent to an activating group) is 2. The Hall–Kier alpha value is -1.92. The summed E-state index contributed by atoms with van der Waals surface area (Å²) in [5, 5.41) is 2.36. The van der Waals surface area contributed by atoms with Crippen LogP contribution in [0.1, 0.15) is 5.56 Å². The lowest BCUT2D eigenvalue weighted by molar-refractivity contribution is -0.129. The lowest BCUT2D eigenvalue weighted by Crippen LogP contribution is -2.39. The molecule has 0 saturated carbocycles. The molecule has 0 aromatic heterocycles. The lowest BCUT2D eigenvalue weighted by Gasteiger charge is -2.21. The molecular formula is C17H22N2O3S. The number of rotatable bonds is 6. The van der Waals surface area contributed by atoms with Crippen molar-refractivity contribution in [3.63, 3.8) is 0 Å². The SMILES string of the molecule is CN(CCc1cccc2ccccc12)C(=O)CN(C)S(C)(=O)=O. The molecule has 6 heteroatoms. The highest BCUT2D eigenvalue weighted by atomic mass is 32.2. The van der Waals surface area contributed by atoms with E-state index in [1.165, 1.54) is 23.4 Å². The van der Waals surface area contributed by atoms with E-state index in [1.54, 1.807) is 11.9 Å². The molecule has 2 rings (SSSR count). The van der Waals surface area contributed by atoms with Gasteiger partial charge in [0.15, 0.2) is 0 Å². The van der Waals surface area contributed by atoms with E-state index in [4.69, 9.17) is 0 Å². The van der Waals surface area contributed by atoms with E-state index in [1.807, 2.05) is 18.2 Å². The van der Waals surface area contributed by atoms with E-state index in [2.05, 4.69) is 24.3 Å². The molecule has 0 aliphatic carbocycles. The monoisotopic (exact) mass is 334 g/mol. The Morgan fingerprint density at radius 1 is 1.04 bits per heavy atom. The lowest BCUT2D eigenvalue weighted by atomic mass is 10.0. The maximum absolute atomic E-state index is 12.1. The summed E-state index contributed by atoms with van der Waals surface area (Å²) >= 11 is 0. The number of amides is 1. The summed E-state index contributed by atoms with van der Waals surface area (Å²) in [6, 6.07) is 14.3. The van der Waals surface area contributed by atoms with Gasteiger partial charge in [-0.2, -0.15) is 4.31 Å². The number of hydrogen-bond donors (Lipinski definition) is 0. The minimum atomic E-state index is -3.34. The molecule has 0 N–H and O–H groups in total. The second-order valence-corrected chi connectivity index (χ2v) is 7.81. The number of nitrogens with zero attached hydrogens (tertiary/aromatic N) is 2. The van der Waals surface area contributed by atoms with E-state index in [0.29, 0.717) is 6.54 Å². The number of carbonyl (C=O) groups is 1. The molecule has 0 bridgehead atoms. The van der Waals surface area contributed by atoms with Crippen LogP contribution in [0.4, 0.5) is 0 Å². The van der Waals surface area contributed by atoms with E-state index >= 15 is 0 Å². The Kier molecular flexibility index (Phi) is 5.38. The zero-order chi connectivity index (χ0) is 17.0. The fraction of sp³-hybridized carbons (Fsp3) is 0.353. The van der Waals surface area contributed by atoms with Gasteiger partial charge in [0.25, 0.3) is 0 Å². The number of benzene rings is 2. The Labute approximate surface area is 137 Å². The second-order valence-electron chi connectivity index (χ2n) is 5.72. The number of carbonyl (C=O) groups excluding carboxylic acids is 1.